The third-order valence-electron chi connectivity index (χ3n) is 4.56. The van der Waals surface area contributed by atoms with E-state index in [1.807, 2.05) is 19.1 Å². The van der Waals surface area contributed by atoms with Crippen molar-refractivity contribution in [1.82, 2.24) is 0 Å². The molecule has 0 amide bonds. The minimum absolute atomic E-state index is 0.0223. The Bertz CT molecular complexity index is 1170. The lowest BCUT2D eigenvalue weighted by molar-refractivity contribution is -0.133. The number of alkyl halides is 3. The van der Waals surface area contributed by atoms with Gasteiger partial charge < -0.3 is 19.0 Å². The number of oxime groups is 1. The molecule has 0 saturated carbocycles. The Kier molecular flexibility index (Phi) is 9.64. The largest absolute Gasteiger partial charge is 0.503 e. The van der Waals surface area contributed by atoms with Crippen LogP contribution in [0.25, 0.3) is 5.57 Å². The number of halogens is 4. The minimum Gasteiger partial charge on any atom is -0.503 e. The number of nitriles is 1. The molecule has 7 nitrogen and oxygen atoms in total. The third-order valence-corrected chi connectivity index (χ3v) is 5.08. The first-order valence-corrected chi connectivity index (χ1v) is 11.0. The predicted molar refractivity (Wildman–Crippen MR) is 131 cm³/mol. The Balaban J connectivity index is 2.45. The van der Waals surface area contributed by atoms with Gasteiger partial charge in [-0.05, 0) is 37.1 Å². The molecule has 2 rings (SSSR count). The second-order valence-electron chi connectivity index (χ2n) is 6.77. The van der Waals surface area contributed by atoms with Gasteiger partial charge in [0, 0.05) is 5.56 Å². The molecule has 0 bridgehead atoms. The molecule has 2 aromatic rings. The fraction of sp³-hybridized carbons (Fsp3) is 0.261. The van der Waals surface area contributed by atoms with Crippen LogP contribution in [0.3, 0.4) is 0 Å². The minimum atomic E-state index is -3.57. The molecule has 0 fully saturated rings. The van der Waals surface area contributed by atoms with Crippen molar-refractivity contribution in [3.05, 3.63) is 69.4 Å². The summed E-state index contributed by atoms with van der Waals surface area (Å²) in [6.07, 6.45) is 1.26. The third kappa shape index (κ3) is 6.80. The van der Waals surface area contributed by atoms with E-state index in [2.05, 4.69) is 9.89 Å². The maximum Gasteiger partial charge on any atom is 0.451 e. The highest BCUT2D eigenvalue weighted by atomic mass is 127. The van der Waals surface area contributed by atoms with Gasteiger partial charge in [0.2, 0.25) is 0 Å². The zero-order valence-electron chi connectivity index (χ0n) is 18.6. The van der Waals surface area contributed by atoms with E-state index in [1.54, 1.807) is 12.1 Å². The monoisotopic (exact) mass is 604 g/mol. The first kappa shape index (κ1) is 27.3. The summed E-state index contributed by atoms with van der Waals surface area (Å²) in [4.78, 5) is 17.7. The molecule has 0 aromatic heterocycles. The van der Waals surface area contributed by atoms with Gasteiger partial charge in [0.15, 0.2) is 5.75 Å². The van der Waals surface area contributed by atoms with E-state index in [1.165, 1.54) is 39.5 Å². The quantitative estimate of drug-likeness (QED) is 0.0665. The van der Waals surface area contributed by atoms with Crippen LogP contribution in [0.1, 0.15) is 34.7 Å². The molecule has 0 heterocycles. The molecule has 0 saturated heterocycles. The number of carbonyl (C=O) groups excluding carboxylic acids is 1. The van der Waals surface area contributed by atoms with Gasteiger partial charge in [-0.2, -0.15) is 14.0 Å². The van der Waals surface area contributed by atoms with Crippen molar-refractivity contribution in [3.63, 3.8) is 0 Å². The lowest BCUT2D eigenvalue weighted by Gasteiger charge is -2.17. The van der Waals surface area contributed by atoms with Gasteiger partial charge in [-0.3, -0.25) is 0 Å². The normalized spacial score (nSPS) is 12.1. The van der Waals surface area contributed by atoms with Crippen LogP contribution in [0, 0.1) is 18.3 Å². The van der Waals surface area contributed by atoms with E-state index in [-0.39, 0.29) is 34.0 Å². The molecule has 0 spiro atoms. The lowest BCUT2D eigenvalue weighted by atomic mass is 9.97. The Labute approximate surface area is 214 Å². The molecule has 180 valence electrons. The van der Waals surface area contributed by atoms with Crippen LogP contribution in [0.15, 0.2) is 41.7 Å². The van der Waals surface area contributed by atoms with E-state index in [4.69, 9.17) is 25.9 Å². The van der Waals surface area contributed by atoms with Crippen molar-refractivity contribution < 1.29 is 32.6 Å². The summed E-state index contributed by atoms with van der Waals surface area (Å²) in [5.74, 6) is -0.995. The second-order valence-corrected chi connectivity index (χ2v) is 8.43. The summed E-state index contributed by atoms with van der Waals surface area (Å²) in [6.45, 7) is 3.20. The van der Waals surface area contributed by atoms with Crippen LogP contribution in [-0.4, -0.2) is 30.0 Å². The summed E-state index contributed by atoms with van der Waals surface area (Å²) < 4.78 is 38.1. The molecule has 0 unspecified atom stereocenters. The number of benzene rings is 2. The molecule has 0 radical (unpaired) electrons. The van der Waals surface area contributed by atoms with E-state index in [0.29, 0.717) is 11.1 Å². The first-order valence-electron chi connectivity index (χ1n) is 9.59. The molecular weight excluding hydrogens is 585 g/mol. The second kappa shape index (κ2) is 12.0. The SMILES string of the molecule is CO/C=C(/C(=O)OC)c1cccc(C)c1CO/N=C(\C)c1c(C#N)ccc(Cl)c1OC(F)(F)I. The van der Waals surface area contributed by atoms with Gasteiger partial charge in [-0.15, -0.1) is 0 Å². The average molecular weight is 605 g/mol. The van der Waals surface area contributed by atoms with Gasteiger partial charge in [0.05, 0.1) is 71.0 Å². The van der Waals surface area contributed by atoms with Crippen LogP contribution >= 0.6 is 34.2 Å². The van der Waals surface area contributed by atoms with E-state index < -0.39 is 15.8 Å². The van der Waals surface area contributed by atoms with Gasteiger partial charge in [0.1, 0.15) is 12.2 Å². The number of rotatable bonds is 9. The van der Waals surface area contributed by atoms with Crippen molar-refractivity contribution in [3.8, 4) is 11.8 Å². The molecule has 0 N–H and O–H groups in total. The molecule has 0 atom stereocenters. The van der Waals surface area contributed by atoms with E-state index in [0.717, 1.165) is 28.2 Å². The number of hydrogen-bond acceptors (Lipinski definition) is 7. The first-order chi connectivity index (χ1) is 16.0. The van der Waals surface area contributed by atoms with Crippen molar-refractivity contribution in [2.24, 2.45) is 5.16 Å². The summed E-state index contributed by atoms with van der Waals surface area (Å²) in [5.41, 5.74) is 2.19. The van der Waals surface area contributed by atoms with Crippen molar-refractivity contribution in [2.75, 3.05) is 14.2 Å². The summed E-state index contributed by atoms with van der Waals surface area (Å²) in [6, 6.07) is 9.83. The van der Waals surface area contributed by atoms with Gasteiger partial charge in [-0.25, -0.2) is 4.79 Å². The van der Waals surface area contributed by atoms with E-state index >= 15 is 0 Å². The molecular formula is C23H20ClF2IN2O5. The predicted octanol–water partition coefficient (Wildman–Crippen LogP) is 5.99. The molecule has 11 heteroatoms. The smallest absolute Gasteiger partial charge is 0.451 e. The van der Waals surface area contributed by atoms with Crippen LogP contribution in [0.2, 0.25) is 5.02 Å². The summed E-state index contributed by atoms with van der Waals surface area (Å²) in [5, 5.41) is 13.3. The standard InChI is InChI=1S/C23H20ClF2IN2O5/c1-13-6-5-7-16(18(11-31-3)22(30)32-4)17(13)12-33-29-14(2)20-15(10-28)8-9-19(24)21(20)34-23(25,26)27/h5-9,11H,12H2,1-4H3/b18-11+,29-14+. The molecule has 34 heavy (non-hydrogen) atoms. The number of ether oxygens (including phenoxy) is 3. The number of hydrogen-bond donors (Lipinski definition) is 0. The van der Waals surface area contributed by atoms with E-state index in [9.17, 15) is 18.8 Å². The lowest BCUT2D eigenvalue weighted by Crippen LogP contribution is -2.18. The maximum absolute atomic E-state index is 13.6. The van der Waals surface area contributed by atoms with Gasteiger partial charge in [-0.1, -0.05) is 35.0 Å². The van der Waals surface area contributed by atoms with Crippen LogP contribution < -0.4 is 4.74 Å². The zero-order chi connectivity index (χ0) is 25.5. The van der Waals surface area contributed by atoms with Crippen molar-refractivity contribution in [2.45, 2.75) is 24.6 Å². The Hall–Kier alpha value is -2.91. The number of carbonyl (C=O) groups is 1. The summed E-state index contributed by atoms with van der Waals surface area (Å²) >= 11 is 6.86. The zero-order valence-corrected chi connectivity index (χ0v) is 21.5. The van der Waals surface area contributed by atoms with Crippen LogP contribution in [-0.2, 0) is 25.7 Å². The highest BCUT2D eigenvalue weighted by molar-refractivity contribution is 14.1. The Morgan fingerprint density at radius 1 is 1.29 bits per heavy atom. The molecule has 0 aliphatic rings. The number of esters is 1. The number of nitrogens with zero attached hydrogens (tertiary/aromatic N) is 2. The van der Waals surface area contributed by atoms with Gasteiger partial charge >= 0.3 is 10.1 Å². The fourth-order valence-corrected chi connectivity index (χ4v) is 3.48. The molecule has 2 aromatic carbocycles. The topological polar surface area (TPSA) is 90.1 Å². The summed E-state index contributed by atoms with van der Waals surface area (Å²) in [7, 11) is 2.65. The molecule has 0 aliphatic carbocycles. The Morgan fingerprint density at radius 2 is 2.00 bits per heavy atom. The number of aryl methyl sites for hydroxylation is 1. The number of methoxy groups -OCH3 is 2. The van der Waals surface area contributed by atoms with Gasteiger partial charge in [0.25, 0.3) is 0 Å². The van der Waals surface area contributed by atoms with Crippen molar-refractivity contribution in [1.29, 1.82) is 5.26 Å². The fourth-order valence-electron chi connectivity index (χ4n) is 3.06. The van der Waals surface area contributed by atoms with Crippen LogP contribution in [0.5, 0.6) is 5.75 Å². The highest BCUT2D eigenvalue weighted by Crippen LogP contribution is 2.37. The maximum atomic E-state index is 13.6. The van der Waals surface area contributed by atoms with Crippen LogP contribution in [0.4, 0.5) is 8.78 Å². The average Bonchev–Trinajstić information content (AvgIpc) is 2.78. The molecule has 0 aliphatic heterocycles. The highest BCUT2D eigenvalue weighted by Gasteiger charge is 2.30. The van der Waals surface area contributed by atoms with Crippen molar-refractivity contribution >= 4 is 51.4 Å². The Morgan fingerprint density at radius 3 is 2.59 bits per heavy atom.